The first kappa shape index (κ1) is 8.90. The van der Waals surface area contributed by atoms with Crippen molar-refractivity contribution in [1.82, 2.24) is 5.32 Å². The Hall–Kier alpha value is -0.370. The molecule has 2 bridgehead atoms. The Morgan fingerprint density at radius 2 is 2.07 bits per heavy atom. The van der Waals surface area contributed by atoms with Gasteiger partial charge in [-0.1, -0.05) is 19.3 Å². The van der Waals surface area contributed by atoms with Crippen molar-refractivity contribution in [1.29, 1.82) is 0 Å². The first-order valence-electron chi connectivity index (χ1n) is 6.11. The minimum Gasteiger partial charge on any atom is -0.310 e. The van der Waals surface area contributed by atoms with Gasteiger partial charge < -0.3 is 5.32 Å². The maximum Gasteiger partial charge on any atom is 0.137 e. The van der Waals surface area contributed by atoms with Crippen LogP contribution < -0.4 is 5.32 Å². The van der Waals surface area contributed by atoms with E-state index in [2.05, 4.69) is 5.32 Å². The Balaban J connectivity index is 1.57. The molecule has 0 amide bonds. The number of ketones is 1. The SMILES string of the molecule is O=C(CC1CCC1)C1CC2CCC1N2. The molecule has 0 radical (unpaired) electrons. The first-order valence-corrected chi connectivity index (χ1v) is 6.11. The summed E-state index contributed by atoms with van der Waals surface area (Å²) in [4.78, 5) is 12.0. The summed E-state index contributed by atoms with van der Waals surface area (Å²) < 4.78 is 0. The number of carbonyl (C=O) groups excluding carboxylic acids is 1. The highest BCUT2D eigenvalue weighted by Crippen LogP contribution is 2.37. The molecule has 2 nitrogen and oxygen atoms in total. The van der Waals surface area contributed by atoms with Crippen molar-refractivity contribution in [2.75, 3.05) is 0 Å². The van der Waals surface area contributed by atoms with E-state index in [0.29, 0.717) is 23.8 Å². The Kier molecular flexibility index (Phi) is 2.12. The van der Waals surface area contributed by atoms with Gasteiger partial charge in [0.05, 0.1) is 0 Å². The Morgan fingerprint density at radius 1 is 1.21 bits per heavy atom. The lowest BCUT2D eigenvalue weighted by molar-refractivity contribution is -0.124. The molecular formula is C12H19NO. The third-order valence-electron chi connectivity index (χ3n) is 4.43. The van der Waals surface area contributed by atoms with Gasteiger partial charge in [0, 0.05) is 24.4 Å². The molecule has 2 heteroatoms. The van der Waals surface area contributed by atoms with E-state index >= 15 is 0 Å². The van der Waals surface area contributed by atoms with Gasteiger partial charge in [0.1, 0.15) is 5.78 Å². The molecule has 3 aliphatic rings. The van der Waals surface area contributed by atoms with Crippen molar-refractivity contribution < 1.29 is 4.79 Å². The maximum atomic E-state index is 12.0. The smallest absolute Gasteiger partial charge is 0.137 e. The van der Waals surface area contributed by atoms with Crippen LogP contribution in [0.2, 0.25) is 0 Å². The fourth-order valence-electron chi connectivity index (χ4n) is 3.31. The zero-order chi connectivity index (χ0) is 9.54. The molecule has 2 heterocycles. The summed E-state index contributed by atoms with van der Waals surface area (Å²) in [6.45, 7) is 0. The molecule has 3 fully saturated rings. The molecule has 2 saturated heterocycles. The van der Waals surface area contributed by atoms with Crippen molar-refractivity contribution in [3.05, 3.63) is 0 Å². The minimum atomic E-state index is 0.384. The van der Waals surface area contributed by atoms with Crippen molar-refractivity contribution in [2.24, 2.45) is 11.8 Å². The van der Waals surface area contributed by atoms with Crippen molar-refractivity contribution >= 4 is 5.78 Å². The Bertz CT molecular complexity index is 247. The van der Waals surface area contributed by atoms with Gasteiger partial charge in [0.2, 0.25) is 0 Å². The second kappa shape index (κ2) is 3.34. The van der Waals surface area contributed by atoms with E-state index < -0.39 is 0 Å². The molecule has 14 heavy (non-hydrogen) atoms. The molecule has 3 unspecified atom stereocenters. The molecule has 78 valence electrons. The van der Waals surface area contributed by atoms with Gasteiger partial charge in [-0.05, 0) is 25.2 Å². The Labute approximate surface area is 85.4 Å². The number of hydrogen-bond acceptors (Lipinski definition) is 2. The van der Waals surface area contributed by atoms with Crippen LogP contribution in [-0.2, 0) is 4.79 Å². The van der Waals surface area contributed by atoms with Gasteiger partial charge in [-0.15, -0.1) is 0 Å². The average Bonchev–Trinajstić information content (AvgIpc) is 2.71. The lowest BCUT2D eigenvalue weighted by atomic mass is 9.77. The van der Waals surface area contributed by atoms with Crippen molar-refractivity contribution in [3.8, 4) is 0 Å². The fraction of sp³-hybridized carbons (Fsp3) is 0.917. The second-order valence-corrected chi connectivity index (χ2v) is 5.36. The largest absolute Gasteiger partial charge is 0.310 e. The minimum absolute atomic E-state index is 0.384. The monoisotopic (exact) mass is 193 g/mol. The van der Waals surface area contributed by atoms with E-state index in [1.807, 2.05) is 0 Å². The summed E-state index contributed by atoms with van der Waals surface area (Å²) in [5.74, 6) is 1.70. The summed E-state index contributed by atoms with van der Waals surface area (Å²) in [6.07, 6.45) is 8.53. The lowest BCUT2D eigenvalue weighted by Gasteiger charge is -2.27. The first-order chi connectivity index (χ1) is 6.83. The molecule has 0 spiro atoms. The third-order valence-corrected chi connectivity index (χ3v) is 4.43. The van der Waals surface area contributed by atoms with Gasteiger partial charge in [0.25, 0.3) is 0 Å². The quantitative estimate of drug-likeness (QED) is 0.741. The zero-order valence-corrected chi connectivity index (χ0v) is 8.67. The molecule has 1 aliphatic carbocycles. The van der Waals surface area contributed by atoms with Crippen LogP contribution in [-0.4, -0.2) is 17.9 Å². The van der Waals surface area contributed by atoms with Crippen LogP contribution in [0.1, 0.15) is 44.9 Å². The van der Waals surface area contributed by atoms with Gasteiger partial charge in [-0.25, -0.2) is 0 Å². The summed E-state index contributed by atoms with van der Waals surface area (Å²) in [5, 5.41) is 3.55. The van der Waals surface area contributed by atoms with E-state index in [1.54, 1.807) is 0 Å². The van der Waals surface area contributed by atoms with Crippen LogP contribution in [0.3, 0.4) is 0 Å². The fourth-order valence-corrected chi connectivity index (χ4v) is 3.31. The van der Waals surface area contributed by atoms with Crippen LogP contribution in [0.15, 0.2) is 0 Å². The van der Waals surface area contributed by atoms with E-state index in [0.717, 1.165) is 18.8 Å². The predicted octanol–water partition coefficient (Wildman–Crippen LogP) is 1.89. The van der Waals surface area contributed by atoms with Crippen LogP contribution in [0.5, 0.6) is 0 Å². The van der Waals surface area contributed by atoms with Gasteiger partial charge in [-0.2, -0.15) is 0 Å². The second-order valence-electron chi connectivity index (χ2n) is 5.36. The van der Waals surface area contributed by atoms with Gasteiger partial charge in [0.15, 0.2) is 0 Å². The van der Waals surface area contributed by atoms with Gasteiger partial charge in [-0.3, -0.25) is 4.79 Å². The van der Waals surface area contributed by atoms with Crippen LogP contribution >= 0.6 is 0 Å². The van der Waals surface area contributed by atoms with Crippen molar-refractivity contribution in [2.45, 2.75) is 57.0 Å². The molecule has 3 atom stereocenters. The molecule has 1 saturated carbocycles. The average molecular weight is 193 g/mol. The molecule has 0 aromatic heterocycles. The standard InChI is InChI=1S/C12H19NO/c14-12(6-8-2-1-3-8)10-7-9-4-5-11(10)13-9/h8-11,13H,1-7H2. The van der Waals surface area contributed by atoms with Gasteiger partial charge >= 0.3 is 0 Å². The topological polar surface area (TPSA) is 29.1 Å². The van der Waals surface area contributed by atoms with E-state index in [-0.39, 0.29) is 0 Å². The maximum absolute atomic E-state index is 12.0. The van der Waals surface area contributed by atoms with Crippen LogP contribution in [0, 0.1) is 11.8 Å². The Morgan fingerprint density at radius 3 is 2.57 bits per heavy atom. The van der Waals surface area contributed by atoms with E-state index in [9.17, 15) is 4.79 Å². The summed E-state index contributed by atoms with van der Waals surface area (Å²) in [6, 6.07) is 1.22. The predicted molar refractivity (Wildman–Crippen MR) is 55.0 cm³/mol. The summed E-state index contributed by atoms with van der Waals surface area (Å²) in [5.41, 5.74) is 0. The highest BCUT2D eigenvalue weighted by molar-refractivity contribution is 5.82. The number of rotatable bonds is 3. The van der Waals surface area contributed by atoms with Crippen LogP contribution in [0.4, 0.5) is 0 Å². The highest BCUT2D eigenvalue weighted by Gasteiger charge is 2.42. The molecule has 0 aromatic carbocycles. The highest BCUT2D eigenvalue weighted by atomic mass is 16.1. The molecule has 0 aromatic rings. The molecule has 1 N–H and O–H groups in total. The normalized spacial score (nSPS) is 41.3. The van der Waals surface area contributed by atoms with Crippen molar-refractivity contribution in [3.63, 3.8) is 0 Å². The number of nitrogens with one attached hydrogen (secondary N) is 1. The molecular weight excluding hydrogens is 174 g/mol. The third kappa shape index (κ3) is 1.40. The van der Waals surface area contributed by atoms with E-state index in [1.165, 1.54) is 32.1 Å². The number of carbonyl (C=O) groups is 1. The number of fused-ring (bicyclic) bond motifs is 2. The van der Waals surface area contributed by atoms with Crippen LogP contribution in [0.25, 0.3) is 0 Å². The molecule has 3 rings (SSSR count). The lowest BCUT2D eigenvalue weighted by Crippen LogP contribution is -2.30. The zero-order valence-electron chi connectivity index (χ0n) is 8.67. The summed E-state index contributed by atoms with van der Waals surface area (Å²) in [7, 11) is 0. The molecule has 2 aliphatic heterocycles. The number of hydrogen-bond donors (Lipinski definition) is 1. The number of Topliss-reactive ketones (excluding diaryl/α,β-unsaturated/α-hetero) is 1. The summed E-state index contributed by atoms with van der Waals surface area (Å²) >= 11 is 0. The van der Waals surface area contributed by atoms with E-state index in [4.69, 9.17) is 0 Å².